The molecule has 1 amide bonds. The van der Waals surface area contributed by atoms with E-state index in [4.69, 9.17) is 4.74 Å². The Morgan fingerprint density at radius 3 is 2.39 bits per heavy atom. The lowest BCUT2D eigenvalue weighted by Crippen LogP contribution is -2.21. The van der Waals surface area contributed by atoms with Crippen LogP contribution in [0.1, 0.15) is 15.9 Å². The molecule has 0 atom stereocenters. The predicted molar refractivity (Wildman–Crippen MR) is 116 cm³/mol. The highest BCUT2D eigenvalue weighted by atomic mass is 19.1. The number of carbonyl (C=O) groups excluding carboxylic acids is 1. The lowest BCUT2D eigenvalue weighted by atomic mass is 10.1. The Hall–Kier alpha value is -4.14. The van der Waals surface area contributed by atoms with Crippen LogP contribution in [0.25, 0.3) is 10.9 Å². The van der Waals surface area contributed by atoms with E-state index in [0.29, 0.717) is 34.7 Å². The maximum absolute atomic E-state index is 14.1. The summed E-state index contributed by atoms with van der Waals surface area (Å²) in [6.45, 7) is -0.295. The number of amides is 1. The van der Waals surface area contributed by atoms with Crippen molar-refractivity contribution >= 4 is 16.8 Å². The molecule has 0 unspecified atom stereocenters. The minimum absolute atomic E-state index is 0.165. The SMILES string of the molecule is CN(C)C(=O)c1cccc(Oc2ccc3c(c2)c(=O)ncn3Cc2c(F)cc(F)cc2F)c1. The largest absolute Gasteiger partial charge is 0.457 e. The van der Waals surface area contributed by atoms with Crippen molar-refractivity contribution in [2.75, 3.05) is 14.1 Å². The molecule has 9 heteroatoms. The Labute approximate surface area is 186 Å². The van der Waals surface area contributed by atoms with Crippen LogP contribution in [0.3, 0.4) is 0 Å². The number of ether oxygens (including phenoxy) is 1. The van der Waals surface area contributed by atoms with Gasteiger partial charge in [-0.25, -0.2) is 13.2 Å². The monoisotopic (exact) mass is 453 g/mol. The first-order valence-corrected chi connectivity index (χ1v) is 9.85. The molecule has 3 aromatic carbocycles. The Kier molecular flexibility index (Phi) is 5.87. The van der Waals surface area contributed by atoms with Crippen LogP contribution in [0, 0.1) is 17.5 Å². The lowest BCUT2D eigenvalue weighted by molar-refractivity contribution is 0.0827. The van der Waals surface area contributed by atoms with Crippen LogP contribution in [0.2, 0.25) is 0 Å². The Morgan fingerprint density at radius 2 is 1.70 bits per heavy atom. The van der Waals surface area contributed by atoms with E-state index >= 15 is 0 Å². The minimum Gasteiger partial charge on any atom is -0.457 e. The number of hydrogen-bond acceptors (Lipinski definition) is 4. The van der Waals surface area contributed by atoms with Gasteiger partial charge >= 0.3 is 0 Å². The van der Waals surface area contributed by atoms with Crippen molar-refractivity contribution < 1.29 is 22.7 Å². The van der Waals surface area contributed by atoms with Gasteiger partial charge < -0.3 is 14.2 Å². The second-order valence-electron chi connectivity index (χ2n) is 7.53. The molecule has 6 nitrogen and oxygen atoms in total. The second-order valence-corrected chi connectivity index (χ2v) is 7.53. The van der Waals surface area contributed by atoms with Crippen molar-refractivity contribution in [1.82, 2.24) is 14.5 Å². The summed E-state index contributed by atoms with van der Waals surface area (Å²) < 4.78 is 48.6. The fourth-order valence-electron chi connectivity index (χ4n) is 3.36. The zero-order valence-corrected chi connectivity index (χ0v) is 17.7. The third kappa shape index (κ3) is 4.57. The predicted octanol–water partition coefficient (Wildman–Crippen LogP) is 4.36. The van der Waals surface area contributed by atoms with Crippen molar-refractivity contribution in [3.63, 3.8) is 0 Å². The average molecular weight is 453 g/mol. The topological polar surface area (TPSA) is 64.4 Å². The highest BCUT2D eigenvalue weighted by Crippen LogP contribution is 2.26. The van der Waals surface area contributed by atoms with Crippen molar-refractivity contribution in [1.29, 1.82) is 0 Å². The Bertz CT molecular complexity index is 1410. The maximum Gasteiger partial charge on any atom is 0.280 e. The smallest absolute Gasteiger partial charge is 0.280 e. The van der Waals surface area contributed by atoms with Crippen LogP contribution in [-0.2, 0) is 6.54 Å². The van der Waals surface area contributed by atoms with Crippen LogP contribution >= 0.6 is 0 Å². The van der Waals surface area contributed by atoms with Gasteiger partial charge in [-0.15, -0.1) is 0 Å². The number of aromatic nitrogens is 2. The average Bonchev–Trinajstić information content (AvgIpc) is 2.77. The number of benzene rings is 3. The number of hydrogen-bond donors (Lipinski definition) is 0. The molecule has 0 N–H and O–H groups in total. The molecular weight excluding hydrogens is 435 g/mol. The molecule has 0 saturated heterocycles. The fraction of sp³-hybridized carbons (Fsp3) is 0.125. The van der Waals surface area contributed by atoms with E-state index in [1.54, 1.807) is 50.5 Å². The van der Waals surface area contributed by atoms with E-state index < -0.39 is 23.0 Å². The lowest BCUT2D eigenvalue weighted by Gasteiger charge is -2.14. The molecule has 0 aliphatic rings. The van der Waals surface area contributed by atoms with Gasteiger partial charge in [0, 0.05) is 37.4 Å². The van der Waals surface area contributed by atoms with E-state index in [1.165, 1.54) is 21.9 Å². The summed E-state index contributed by atoms with van der Waals surface area (Å²) in [5, 5.41) is 0.165. The standard InChI is InChI=1S/C24H18F3N3O3/c1-29(2)24(32)14-4-3-5-16(8-14)33-17-6-7-22-18(11-17)23(31)28-13-30(22)12-19-20(26)9-15(25)10-21(19)27/h3-11,13H,12H2,1-2H3. The van der Waals surface area contributed by atoms with E-state index in [0.717, 1.165) is 0 Å². The van der Waals surface area contributed by atoms with Crippen molar-refractivity contribution in [3.8, 4) is 11.5 Å². The fourth-order valence-corrected chi connectivity index (χ4v) is 3.36. The molecule has 0 bridgehead atoms. The van der Waals surface area contributed by atoms with E-state index in [-0.39, 0.29) is 23.4 Å². The highest BCUT2D eigenvalue weighted by Gasteiger charge is 2.15. The van der Waals surface area contributed by atoms with Crippen LogP contribution in [0.15, 0.2) is 65.7 Å². The van der Waals surface area contributed by atoms with Gasteiger partial charge in [-0.3, -0.25) is 9.59 Å². The van der Waals surface area contributed by atoms with Gasteiger partial charge in [-0.1, -0.05) is 6.07 Å². The molecule has 4 aromatic rings. The van der Waals surface area contributed by atoms with E-state index in [1.807, 2.05) is 0 Å². The molecule has 0 radical (unpaired) electrons. The Balaban J connectivity index is 1.68. The molecule has 4 rings (SSSR count). The van der Waals surface area contributed by atoms with Crippen molar-refractivity contribution in [3.05, 3.63) is 99.9 Å². The van der Waals surface area contributed by atoms with Gasteiger partial charge in [0.2, 0.25) is 0 Å². The highest BCUT2D eigenvalue weighted by molar-refractivity contribution is 5.94. The normalized spacial score (nSPS) is 10.9. The molecule has 0 fully saturated rings. The molecule has 33 heavy (non-hydrogen) atoms. The third-order valence-corrected chi connectivity index (χ3v) is 4.98. The number of carbonyl (C=O) groups is 1. The molecule has 1 heterocycles. The second kappa shape index (κ2) is 8.78. The number of fused-ring (bicyclic) bond motifs is 1. The summed E-state index contributed by atoms with van der Waals surface area (Å²) in [4.78, 5) is 29.7. The van der Waals surface area contributed by atoms with Crippen molar-refractivity contribution in [2.45, 2.75) is 6.54 Å². The first-order valence-electron chi connectivity index (χ1n) is 9.85. The van der Waals surface area contributed by atoms with Crippen LogP contribution in [-0.4, -0.2) is 34.5 Å². The number of nitrogens with zero attached hydrogens (tertiary/aromatic N) is 3. The zero-order valence-electron chi connectivity index (χ0n) is 17.7. The van der Waals surface area contributed by atoms with Crippen LogP contribution < -0.4 is 10.3 Å². The van der Waals surface area contributed by atoms with Crippen molar-refractivity contribution in [2.24, 2.45) is 0 Å². The van der Waals surface area contributed by atoms with Gasteiger partial charge in [0.25, 0.3) is 11.5 Å². The zero-order chi connectivity index (χ0) is 23.7. The summed E-state index contributed by atoms with van der Waals surface area (Å²) in [6, 6.07) is 12.4. The van der Waals surface area contributed by atoms with Crippen LogP contribution in [0.5, 0.6) is 11.5 Å². The van der Waals surface area contributed by atoms with Gasteiger partial charge in [-0.2, -0.15) is 4.98 Å². The summed E-state index contributed by atoms with van der Waals surface area (Å²) in [6.07, 6.45) is 1.17. The molecule has 0 aliphatic carbocycles. The first kappa shape index (κ1) is 22.1. The summed E-state index contributed by atoms with van der Waals surface area (Å²) in [5.74, 6) is -2.58. The maximum atomic E-state index is 14.1. The minimum atomic E-state index is -1.04. The summed E-state index contributed by atoms with van der Waals surface area (Å²) in [5.41, 5.74) is -0.109. The molecule has 0 spiro atoms. The number of halogens is 3. The molecule has 0 saturated carbocycles. The molecule has 1 aromatic heterocycles. The molecular formula is C24H18F3N3O3. The molecule has 168 valence electrons. The summed E-state index contributed by atoms with van der Waals surface area (Å²) >= 11 is 0. The van der Waals surface area contributed by atoms with Gasteiger partial charge in [0.1, 0.15) is 29.0 Å². The first-order chi connectivity index (χ1) is 15.7. The molecule has 0 aliphatic heterocycles. The van der Waals surface area contributed by atoms with E-state index in [2.05, 4.69) is 4.98 Å². The van der Waals surface area contributed by atoms with Gasteiger partial charge in [0.05, 0.1) is 23.8 Å². The van der Waals surface area contributed by atoms with Crippen LogP contribution in [0.4, 0.5) is 13.2 Å². The Morgan fingerprint density at radius 1 is 1.00 bits per heavy atom. The number of rotatable bonds is 5. The van der Waals surface area contributed by atoms with E-state index in [9.17, 15) is 22.8 Å². The third-order valence-electron chi connectivity index (χ3n) is 4.98. The van der Waals surface area contributed by atoms with Gasteiger partial charge in [0.15, 0.2) is 0 Å². The quantitative estimate of drug-likeness (QED) is 0.451. The van der Waals surface area contributed by atoms with Gasteiger partial charge in [-0.05, 0) is 36.4 Å². The summed E-state index contributed by atoms with van der Waals surface area (Å²) in [7, 11) is 3.28.